The molecule has 22 aromatic carbocycles. The number of rotatable bonds is 15. The van der Waals surface area contributed by atoms with Gasteiger partial charge < -0.3 is 19.6 Å². The van der Waals surface area contributed by atoms with Crippen molar-refractivity contribution in [2.75, 3.05) is 19.6 Å². The standard InChI is InChI=1S/C67H46N2.C65H44N2/c1-4-16-47(17-5-1)49-28-30-50(31-29-49)51-32-34-52(35-33-51)54-38-42-57(43-39-54)68(56-40-36-53(37-41-56)48-18-6-2-7-19-48)58-44-45-60-59-22-10-11-23-61(59)67(64(60)46-58)62-24-12-14-26-65(62)69(55-20-8-3-9-21-55)66-27-15-13-25-63(66)67;1-3-15-45(16-4-1)48-33-37-54(38-34-48)66(55-39-35-49(36-40-55)47-27-29-50(30-28-47)52-32-31-46-17-7-8-18-51(46)43-52)56-41-42-58-57-21-9-10-22-59(57)65(62(58)44-56)60-23-11-13-25-63(60)67(53-19-5-2-6-20-53)64-26-14-12-24-61(64)65/h1-46H;1-44H. The summed E-state index contributed by atoms with van der Waals surface area (Å²) in [5, 5.41) is 2.51. The van der Waals surface area contributed by atoms with Crippen LogP contribution in [0.5, 0.6) is 0 Å². The van der Waals surface area contributed by atoms with Gasteiger partial charge in [0.2, 0.25) is 0 Å². The third kappa shape index (κ3) is 13.7. The maximum absolute atomic E-state index is 2.48. The van der Waals surface area contributed by atoms with Crippen LogP contribution in [-0.2, 0) is 10.8 Å². The first-order valence-electron chi connectivity index (χ1n) is 47.0. The van der Waals surface area contributed by atoms with E-state index in [2.05, 4.69) is 566 Å². The van der Waals surface area contributed by atoms with Crippen LogP contribution >= 0.6 is 0 Å². The van der Waals surface area contributed by atoms with Gasteiger partial charge in [-0.05, 0) is 283 Å². The summed E-state index contributed by atoms with van der Waals surface area (Å²) in [4.78, 5) is 9.74. The van der Waals surface area contributed by atoms with Crippen molar-refractivity contribution >= 4 is 79.0 Å². The summed E-state index contributed by atoms with van der Waals surface area (Å²) in [5.41, 5.74) is 44.6. The van der Waals surface area contributed by atoms with Gasteiger partial charge in [0.1, 0.15) is 0 Å². The van der Waals surface area contributed by atoms with E-state index in [9.17, 15) is 0 Å². The van der Waals surface area contributed by atoms with Crippen LogP contribution in [0.4, 0.5) is 68.2 Å². The molecule has 4 aliphatic rings. The van der Waals surface area contributed by atoms with E-state index in [-0.39, 0.29) is 0 Å². The predicted octanol–water partition coefficient (Wildman–Crippen LogP) is 35.4. The Kier molecular flexibility index (Phi) is 20.0. The number of benzene rings is 22. The molecule has 2 aliphatic heterocycles. The van der Waals surface area contributed by atoms with E-state index in [1.807, 2.05) is 0 Å². The number of nitrogens with zero attached hydrogens (tertiary/aromatic N) is 4. The molecule has 0 amide bonds. The number of hydrogen-bond acceptors (Lipinski definition) is 4. The molecule has 0 fully saturated rings. The van der Waals surface area contributed by atoms with Gasteiger partial charge in [-0.3, -0.25) is 0 Å². The van der Waals surface area contributed by atoms with Crippen LogP contribution in [0.25, 0.3) is 111 Å². The van der Waals surface area contributed by atoms with Gasteiger partial charge in [-0.25, -0.2) is 0 Å². The fourth-order valence-corrected chi connectivity index (χ4v) is 22.1. The molecular weight excluding hydrogens is 1640 g/mol. The van der Waals surface area contributed by atoms with Crippen molar-refractivity contribution < 1.29 is 0 Å². The highest BCUT2D eigenvalue weighted by Gasteiger charge is 2.54. The molecule has 0 atom stereocenters. The number of fused-ring (bicyclic) bond motifs is 19. The first-order valence-corrected chi connectivity index (χ1v) is 47.0. The summed E-state index contributed by atoms with van der Waals surface area (Å²) >= 11 is 0. The number of anilines is 12. The highest BCUT2D eigenvalue weighted by molar-refractivity contribution is 6.01. The summed E-state index contributed by atoms with van der Waals surface area (Å²) < 4.78 is 0. The second-order valence-corrected chi connectivity index (χ2v) is 35.7. The van der Waals surface area contributed by atoms with Gasteiger partial charge in [0.15, 0.2) is 0 Å². The van der Waals surface area contributed by atoms with Crippen molar-refractivity contribution in [3.05, 3.63) is 590 Å². The Morgan fingerprint density at radius 2 is 0.346 bits per heavy atom. The van der Waals surface area contributed by atoms with Crippen LogP contribution in [0.15, 0.2) is 546 Å². The molecule has 638 valence electrons. The molecule has 26 rings (SSSR count). The average molecular weight is 1730 g/mol. The molecule has 2 heterocycles. The Bertz CT molecular complexity index is 8110. The van der Waals surface area contributed by atoms with Crippen molar-refractivity contribution in [2.24, 2.45) is 0 Å². The maximum Gasteiger partial charge on any atom is 0.0755 e. The molecule has 136 heavy (non-hydrogen) atoms. The molecule has 0 aromatic heterocycles. The summed E-state index contributed by atoms with van der Waals surface area (Å²) in [5.74, 6) is 0. The van der Waals surface area contributed by atoms with Gasteiger partial charge in [0, 0.05) is 45.5 Å². The minimum atomic E-state index is -0.566. The largest absolute Gasteiger partial charge is 0.310 e. The van der Waals surface area contributed by atoms with Crippen LogP contribution in [-0.4, -0.2) is 0 Å². The van der Waals surface area contributed by atoms with E-state index >= 15 is 0 Å². The van der Waals surface area contributed by atoms with Crippen molar-refractivity contribution in [2.45, 2.75) is 10.8 Å². The lowest BCUT2D eigenvalue weighted by molar-refractivity contribution is 0.752. The lowest BCUT2D eigenvalue weighted by Gasteiger charge is -2.45. The van der Waals surface area contributed by atoms with E-state index < -0.39 is 10.8 Å². The molecular formula is C132H90N4. The van der Waals surface area contributed by atoms with E-state index in [1.54, 1.807) is 0 Å². The summed E-state index contributed by atoms with van der Waals surface area (Å²) in [6, 6.07) is 200. The molecule has 0 N–H and O–H groups in total. The van der Waals surface area contributed by atoms with Gasteiger partial charge >= 0.3 is 0 Å². The quantitative estimate of drug-likeness (QED) is 0.101. The minimum Gasteiger partial charge on any atom is -0.310 e. The van der Waals surface area contributed by atoms with Gasteiger partial charge in [-0.1, -0.05) is 419 Å². The van der Waals surface area contributed by atoms with Crippen LogP contribution in [0.1, 0.15) is 44.5 Å². The molecule has 22 aromatic rings. The molecule has 4 heteroatoms. The Labute approximate surface area is 794 Å². The Balaban J connectivity index is 0.000000145. The second-order valence-electron chi connectivity index (χ2n) is 35.7. The van der Waals surface area contributed by atoms with Crippen molar-refractivity contribution in [1.29, 1.82) is 0 Å². The average Bonchev–Trinajstić information content (AvgIpc) is 1.50. The van der Waals surface area contributed by atoms with E-state index in [1.165, 1.54) is 178 Å². The summed E-state index contributed by atoms with van der Waals surface area (Å²) in [6.45, 7) is 0. The fourth-order valence-electron chi connectivity index (χ4n) is 22.1. The Morgan fingerprint density at radius 1 is 0.132 bits per heavy atom. The van der Waals surface area contributed by atoms with Crippen LogP contribution in [0.2, 0.25) is 0 Å². The van der Waals surface area contributed by atoms with Crippen LogP contribution < -0.4 is 19.6 Å². The second kappa shape index (κ2) is 33.9. The zero-order valence-corrected chi connectivity index (χ0v) is 74.8. The van der Waals surface area contributed by atoms with Crippen LogP contribution in [0.3, 0.4) is 0 Å². The monoisotopic (exact) mass is 1730 g/mol. The smallest absolute Gasteiger partial charge is 0.0755 e. The molecule has 2 spiro atoms. The van der Waals surface area contributed by atoms with Crippen molar-refractivity contribution in [3.8, 4) is 100 Å². The SMILES string of the molecule is c1ccc(-c2ccc(-c3ccc(-c4ccc(N(c5ccc(-c6ccccc6)cc5)c5ccc6c(c5)C5(c7ccccc7-6)c6ccccc6N(c6ccccc6)c6ccccc65)cc4)cc3)cc2)cc1.c1ccc(-c2ccc(N(c3ccc(-c4ccc(-c5ccc6ccccc6c5)cc4)cc3)c3ccc4c(c3)C3(c5ccccc5-4)c4ccccc4N(c4ccccc4)c4ccccc43)cc2)cc1. The first-order chi connectivity index (χ1) is 67.4. The predicted molar refractivity (Wildman–Crippen MR) is 569 cm³/mol. The summed E-state index contributed by atoms with van der Waals surface area (Å²) in [7, 11) is 0. The summed E-state index contributed by atoms with van der Waals surface area (Å²) in [6.07, 6.45) is 0. The highest BCUT2D eigenvalue weighted by atomic mass is 15.2. The molecule has 4 nitrogen and oxygen atoms in total. The number of para-hydroxylation sites is 6. The lowest BCUT2D eigenvalue weighted by atomic mass is 9.64. The zero-order chi connectivity index (χ0) is 90.0. The van der Waals surface area contributed by atoms with E-state index in [4.69, 9.17) is 0 Å². The third-order valence-corrected chi connectivity index (χ3v) is 28.4. The van der Waals surface area contributed by atoms with E-state index in [0.717, 1.165) is 45.5 Å². The number of hydrogen-bond donors (Lipinski definition) is 0. The van der Waals surface area contributed by atoms with Crippen LogP contribution in [0, 0.1) is 0 Å². The van der Waals surface area contributed by atoms with Gasteiger partial charge in [0.25, 0.3) is 0 Å². The van der Waals surface area contributed by atoms with Gasteiger partial charge in [0.05, 0.1) is 33.6 Å². The fraction of sp³-hybridized carbons (Fsp3) is 0.0152. The first kappa shape index (κ1) is 80.4. The normalized spacial score (nSPS) is 12.8. The van der Waals surface area contributed by atoms with Gasteiger partial charge in [-0.15, -0.1) is 0 Å². The van der Waals surface area contributed by atoms with Crippen molar-refractivity contribution in [3.63, 3.8) is 0 Å². The molecule has 0 radical (unpaired) electrons. The molecule has 0 unspecified atom stereocenters. The Hall–Kier alpha value is -17.7. The highest BCUT2D eigenvalue weighted by Crippen LogP contribution is 2.67. The topological polar surface area (TPSA) is 13.0 Å². The maximum atomic E-state index is 2.48. The third-order valence-electron chi connectivity index (χ3n) is 28.4. The lowest BCUT2D eigenvalue weighted by Crippen LogP contribution is -2.36. The zero-order valence-electron chi connectivity index (χ0n) is 74.8. The molecule has 0 saturated carbocycles. The molecule has 0 saturated heterocycles. The van der Waals surface area contributed by atoms with Crippen molar-refractivity contribution in [1.82, 2.24) is 0 Å². The molecule has 2 aliphatic carbocycles. The van der Waals surface area contributed by atoms with Gasteiger partial charge in [-0.2, -0.15) is 0 Å². The molecule has 0 bridgehead atoms. The minimum absolute atomic E-state index is 0.563. The Morgan fingerprint density at radius 3 is 0.654 bits per heavy atom. The van der Waals surface area contributed by atoms with E-state index in [0.29, 0.717) is 0 Å².